The maximum Gasteiger partial charge on any atom is 0.191 e. The molecule has 23 heavy (non-hydrogen) atoms. The number of rotatable bonds is 4. The van der Waals surface area contributed by atoms with Crippen molar-refractivity contribution in [2.24, 2.45) is 4.99 Å². The Morgan fingerprint density at radius 2 is 2.09 bits per heavy atom. The van der Waals surface area contributed by atoms with E-state index in [1.165, 1.54) is 18.4 Å². The van der Waals surface area contributed by atoms with E-state index < -0.39 is 0 Å². The second-order valence-corrected chi connectivity index (χ2v) is 5.84. The first-order chi connectivity index (χ1) is 11.3. The van der Waals surface area contributed by atoms with Crippen LogP contribution in [0.15, 0.2) is 35.3 Å². The van der Waals surface area contributed by atoms with Crippen molar-refractivity contribution >= 4 is 5.96 Å². The van der Waals surface area contributed by atoms with Gasteiger partial charge in [0, 0.05) is 20.0 Å². The van der Waals surface area contributed by atoms with Crippen molar-refractivity contribution < 1.29 is 0 Å². The van der Waals surface area contributed by atoms with Gasteiger partial charge in [-0.1, -0.05) is 30.3 Å². The van der Waals surface area contributed by atoms with Crippen LogP contribution >= 0.6 is 0 Å². The fourth-order valence-electron chi connectivity index (χ4n) is 2.89. The summed E-state index contributed by atoms with van der Waals surface area (Å²) in [6.45, 7) is 3.78. The summed E-state index contributed by atoms with van der Waals surface area (Å²) in [5, 5.41) is 15.3. The monoisotopic (exact) mass is 312 g/mol. The minimum absolute atomic E-state index is 0.190. The average molecular weight is 312 g/mol. The third-order valence-electron chi connectivity index (χ3n) is 4.23. The molecule has 1 aromatic carbocycles. The smallest absolute Gasteiger partial charge is 0.191 e. The van der Waals surface area contributed by atoms with Gasteiger partial charge in [-0.3, -0.25) is 4.99 Å². The van der Waals surface area contributed by atoms with Gasteiger partial charge in [-0.2, -0.15) is 0 Å². The standard InChI is InChI=1S/C17H24N6/c1-13(14-8-4-3-5-9-14)20-17(18-2)19-12-16-22-21-15-10-6-7-11-23(15)16/h3-5,8-9,13H,6-7,10-12H2,1-2H3,(H2,18,19,20). The van der Waals surface area contributed by atoms with Crippen LogP contribution in [0.3, 0.4) is 0 Å². The summed E-state index contributed by atoms with van der Waals surface area (Å²) in [7, 11) is 1.78. The highest BCUT2D eigenvalue weighted by Crippen LogP contribution is 2.14. The first-order valence-corrected chi connectivity index (χ1v) is 8.21. The molecule has 0 radical (unpaired) electrons. The van der Waals surface area contributed by atoms with Gasteiger partial charge in [-0.05, 0) is 25.3 Å². The molecular formula is C17H24N6. The molecule has 0 saturated heterocycles. The molecule has 3 rings (SSSR count). The van der Waals surface area contributed by atoms with Crippen LogP contribution in [0.2, 0.25) is 0 Å². The van der Waals surface area contributed by atoms with Gasteiger partial charge in [-0.15, -0.1) is 10.2 Å². The van der Waals surface area contributed by atoms with Crippen molar-refractivity contribution in [3.05, 3.63) is 47.5 Å². The van der Waals surface area contributed by atoms with Crippen molar-refractivity contribution in [2.45, 2.75) is 45.3 Å². The quantitative estimate of drug-likeness (QED) is 0.670. The van der Waals surface area contributed by atoms with Crippen molar-refractivity contribution in [1.29, 1.82) is 0 Å². The second kappa shape index (κ2) is 7.26. The number of nitrogens with one attached hydrogen (secondary N) is 2. The van der Waals surface area contributed by atoms with E-state index in [4.69, 9.17) is 0 Å². The minimum atomic E-state index is 0.190. The molecule has 0 saturated carbocycles. The number of nitrogens with zero attached hydrogens (tertiary/aromatic N) is 4. The summed E-state index contributed by atoms with van der Waals surface area (Å²) in [5.74, 6) is 2.86. The Morgan fingerprint density at radius 1 is 1.26 bits per heavy atom. The third kappa shape index (κ3) is 3.70. The van der Waals surface area contributed by atoms with Crippen LogP contribution in [0.4, 0.5) is 0 Å². The highest BCUT2D eigenvalue weighted by molar-refractivity contribution is 5.80. The zero-order valence-electron chi connectivity index (χ0n) is 13.8. The maximum absolute atomic E-state index is 4.31. The Bertz CT molecular complexity index is 661. The van der Waals surface area contributed by atoms with Crippen LogP contribution in [0.25, 0.3) is 0 Å². The number of guanidine groups is 1. The third-order valence-corrected chi connectivity index (χ3v) is 4.23. The molecule has 6 heteroatoms. The van der Waals surface area contributed by atoms with Gasteiger partial charge in [0.05, 0.1) is 12.6 Å². The van der Waals surface area contributed by atoms with Crippen LogP contribution in [0, 0.1) is 0 Å². The Morgan fingerprint density at radius 3 is 2.87 bits per heavy atom. The predicted molar refractivity (Wildman–Crippen MR) is 91.2 cm³/mol. The SMILES string of the molecule is CN=C(NCc1nnc2n1CCCC2)NC(C)c1ccccc1. The molecule has 0 spiro atoms. The van der Waals surface area contributed by atoms with Crippen molar-refractivity contribution in [3.8, 4) is 0 Å². The number of hydrogen-bond acceptors (Lipinski definition) is 3. The van der Waals surface area contributed by atoms with E-state index >= 15 is 0 Å². The van der Waals surface area contributed by atoms with Crippen LogP contribution in [0.1, 0.15) is 43.0 Å². The molecule has 122 valence electrons. The molecule has 1 unspecified atom stereocenters. The first-order valence-electron chi connectivity index (χ1n) is 8.21. The molecule has 0 fully saturated rings. The van der Waals surface area contributed by atoms with Crippen molar-refractivity contribution in [3.63, 3.8) is 0 Å². The van der Waals surface area contributed by atoms with Gasteiger partial charge in [0.2, 0.25) is 0 Å². The Hall–Kier alpha value is -2.37. The predicted octanol–water partition coefficient (Wildman–Crippen LogP) is 2.04. The molecule has 2 N–H and O–H groups in total. The molecule has 1 aromatic heterocycles. The molecule has 6 nitrogen and oxygen atoms in total. The summed E-state index contributed by atoms with van der Waals surface area (Å²) in [6.07, 6.45) is 3.45. The zero-order valence-corrected chi connectivity index (χ0v) is 13.8. The average Bonchev–Trinajstić information content (AvgIpc) is 3.02. The van der Waals surface area contributed by atoms with Gasteiger partial charge >= 0.3 is 0 Å². The molecule has 0 bridgehead atoms. The molecule has 2 heterocycles. The molecule has 0 aliphatic carbocycles. The van der Waals surface area contributed by atoms with Crippen LogP contribution in [-0.2, 0) is 19.5 Å². The number of aliphatic imine (C=N–C) groups is 1. The molecule has 1 atom stereocenters. The topological polar surface area (TPSA) is 67.1 Å². The number of benzene rings is 1. The first kappa shape index (κ1) is 15.5. The lowest BCUT2D eigenvalue weighted by atomic mass is 10.1. The van der Waals surface area contributed by atoms with E-state index in [1.54, 1.807) is 7.05 Å². The maximum atomic E-state index is 4.31. The molecule has 1 aliphatic rings. The number of aryl methyl sites for hydroxylation is 1. The highest BCUT2D eigenvalue weighted by atomic mass is 15.3. The number of fused-ring (bicyclic) bond motifs is 1. The normalized spacial score (nSPS) is 15.8. The highest BCUT2D eigenvalue weighted by Gasteiger charge is 2.16. The van der Waals surface area contributed by atoms with E-state index in [2.05, 4.69) is 49.4 Å². The summed E-state index contributed by atoms with van der Waals surface area (Å²) in [4.78, 5) is 4.30. The second-order valence-electron chi connectivity index (χ2n) is 5.84. The van der Waals surface area contributed by atoms with Gasteiger partial charge < -0.3 is 15.2 Å². The lowest BCUT2D eigenvalue weighted by Crippen LogP contribution is -2.38. The fraction of sp³-hybridized carbons (Fsp3) is 0.471. The van der Waals surface area contributed by atoms with E-state index in [-0.39, 0.29) is 6.04 Å². The summed E-state index contributed by atoms with van der Waals surface area (Å²) in [5.41, 5.74) is 1.23. The number of aromatic nitrogens is 3. The summed E-state index contributed by atoms with van der Waals surface area (Å²) >= 11 is 0. The largest absolute Gasteiger partial charge is 0.350 e. The van der Waals surface area contributed by atoms with Gasteiger partial charge in [0.25, 0.3) is 0 Å². The van der Waals surface area contributed by atoms with E-state index in [0.717, 1.165) is 30.6 Å². The Balaban J connectivity index is 1.59. The minimum Gasteiger partial charge on any atom is -0.350 e. The van der Waals surface area contributed by atoms with Crippen molar-refractivity contribution in [2.75, 3.05) is 7.05 Å². The van der Waals surface area contributed by atoms with Gasteiger partial charge in [0.1, 0.15) is 5.82 Å². The van der Waals surface area contributed by atoms with Crippen LogP contribution in [-0.4, -0.2) is 27.8 Å². The van der Waals surface area contributed by atoms with Gasteiger partial charge in [-0.25, -0.2) is 0 Å². The molecule has 0 amide bonds. The van der Waals surface area contributed by atoms with Crippen molar-refractivity contribution in [1.82, 2.24) is 25.4 Å². The van der Waals surface area contributed by atoms with E-state index in [1.807, 2.05) is 18.2 Å². The lowest BCUT2D eigenvalue weighted by Gasteiger charge is -2.19. The Labute approximate surface area is 137 Å². The summed E-state index contributed by atoms with van der Waals surface area (Å²) in [6, 6.07) is 10.5. The Kier molecular flexibility index (Phi) is 4.90. The summed E-state index contributed by atoms with van der Waals surface area (Å²) < 4.78 is 2.23. The molecular weight excluding hydrogens is 288 g/mol. The van der Waals surface area contributed by atoms with Crippen LogP contribution in [0.5, 0.6) is 0 Å². The fourth-order valence-corrected chi connectivity index (χ4v) is 2.89. The van der Waals surface area contributed by atoms with Gasteiger partial charge in [0.15, 0.2) is 11.8 Å². The zero-order chi connectivity index (χ0) is 16.1. The molecule has 2 aromatic rings. The lowest BCUT2D eigenvalue weighted by molar-refractivity contribution is 0.504. The van der Waals surface area contributed by atoms with Crippen LogP contribution < -0.4 is 10.6 Å². The number of hydrogen-bond donors (Lipinski definition) is 2. The van der Waals surface area contributed by atoms with E-state index in [0.29, 0.717) is 6.54 Å². The molecule has 1 aliphatic heterocycles. The van der Waals surface area contributed by atoms with E-state index in [9.17, 15) is 0 Å².